The molecule has 0 saturated carbocycles. The molecule has 0 spiro atoms. The summed E-state index contributed by atoms with van der Waals surface area (Å²) in [5, 5.41) is 2.44. The fraction of sp³-hybridized carbons (Fsp3) is 0.714. The van der Waals surface area contributed by atoms with Crippen LogP contribution in [0.25, 0.3) is 0 Å². The minimum Gasteiger partial charge on any atom is -0.468 e. The lowest BCUT2D eigenvalue weighted by atomic mass is 9.86. The van der Waals surface area contributed by atoms with E-state index in [4.69, 9.17) is 10.5 Å². The molecule has 0 bridgehead atoms. The van der Waals surface area contributed by atoms with Gasteiger partial charge in [-0.15, -0.1) is 0 Å². The highest BCUT2D eigenvalue weighted by molar-refractivity contribution is 5.97. The Bertz CT molecular complexity index is 458. The average Bonchev–Trinajstić information content (AvgIpc) is 3.05. The summed E-state index contributed by atoms with van der Waals surface area (Å²) in [6.45, 7) is 1.89. The van der Waals surface area contributed by atoms with Crippen LogP contribution in [0.5, 0.6) is 0 Å². The Morgan fingerprint density at radius 1 is 1.17 bits per heavy atom. The van der Waals surface area contributed by atoms with Gasteiger partial charge in [0.05, 0.1) is 14.2 Å². The zero-order valence-electron chi connectivity index (χ0n) is 13.4. The SMILES string of the molecule is COC(=O)C(C(=O)OC)[C@H](C)[C@H](NC(=O)[C@@H]1CCCO1)C(N)=O. The van der Waals surface area contributed by atoms with E-state index in [2.05, 4.69) is 14.8 Å². The van der Waals surface area contributed by atoms with E-state index in [-0.39, 0.29) is 0 Å². The second kappa shape index (κ2) is 8.47. The van der Waals surface area contributed by atoms with Crippen molar-refractivity contribution in [3.05, 3.63) is 0 Å². The molecule has 3 atom stereocenters. The average molecular weight is 330 g/mol. The number of hydrogen-bond acceptors (Lipinski definition) is 7. The number of nitrogens with one attached hydrogen (secondary N) is 1. The summed E-state index contributed by atoms with van der Waals surface area (Å²) in [6.07, 6.45) is 0.601. The van der Waals surface area contributed by atoms with Gasteiger partial charge in [0, 0.05) is 12.5 Å². The molecule has 0 unspecified atom stereocenters. The Kier molecular flexibility index (Phi) is 6.95. The first-order valence-corrected chi connectivity index (χ1v) is 7.20. The van der Waals surface area contributed by atoms with Crippen molar-refractivity contribution in [1.29, 1.82) is 0 Å². The molecule has 1 aliphatic rings. The highest BCUT2D eigenvalue weighted by Gasteiger charge is 2.42. The van der Waals surface area contributed by atoms with Crippen LogP contribution in [0, 0.1) is 11.8 Å². The van der Waals surface area contributed by atoms with Crippen molar-refractivity contribution in [3.8, 4) is 0 Å². The lowest BCUT2D eigenvalue weighted by Crippen LogP contribution is -2.54. The topological polar surface area (TPSA) is 134 Å². The minimum atomic E-state index is -1.38. The number of methoxy groups -OCH3 is 2. The van der Waals surface area contributed by atoms with Gasteiger partial charge in [-0.1, -0.05) is 6.92 Å². The van der Waals surface area contributed by atoms with E-state index in [9.17, 15) is 19.2 Å². The van der Waals surface area contributed by atoms with Gasteiger partial charge in [-0.3, -0.25) is 19.2 Å². The number of carbonyl (C=O) groups is 4. The molecule has 1 saturated heterocycles. The third kappa shape index (κ3) is 4.65. The first-order valence-electron chi connectivity index (χ1n) is 7.20. The number of hydrogen-bond donors (Lipinski definition) is 2. The van der Waals surface area contributed by atoms with Crippen LogP contribution in [0.3, 0.4) is 0 Å². The fourth-order valence-electron chi connectivity index (χ4n) is 2.46. The predicted octanol–water partition coefficient (Wildman–Crippen LogP) is -1.27. The van der Waals surface area contributed by atoms with Gasteiger partial charge in [0.2, 0.25) is 11.8 Å². The van der Waals surface area contributed by atoms with Gasteiger partial charge in [-0.25, -0.2) is 0 Å². The van der Waals surface area contributed by atoms with Crippen LogP contribution in [0.4, 0.5) is 0 Å². The number of rotatable bonds is 7. The maximum Gasteiger partial charge on any atom is 0.320 e. The minimum absolute atomic E-state index is 0.460. The largest absolute Gasteiger partial charge is 0.468 e. The Labute approximate surface area is 133 Å². The van der Waals surface area contributed by atoms with Crippen LogP contribution >= 0.6 is 0 Å². The molecular formula is C14H22N2O7. The number of ether oxygens (including phenoxy) is 3. The second-order valence-electron chi connectivity index (χ2n) is 5.27. The van der Waals surface area contributed by atoms with E-state index in [1.165, 1.54) is 6.92 Å². The zero-order chi connectivity index (χ0) is 17.6. The number of primary amides is 1. The molecule has 0 radical (unpaired) electrons. The van der Waals surface area contributed by atoms with Gasteiger partial charge in [0.25, 0.3) is 0 Å². The summed E-state index contributed by atoms with van der Waals surface area (Å²) in [4.78, 5) is 47.4. The molecule has 0 aliphatic carbocycles. The summed E-state index contributed by atoms with van der Waals surface area (Å²) in [5.41, 5.74) is 5.31. The first-order chi connectivity index (χ1) is 10.8. The van der Waals surface area contributed by atoms with Crippen LogP contribution < -0.4 is 11.1 Å². The van der Waals surface area contributed by atoms with Crippen molar-refractivity contribution in [1.82, 2.24) is 5.32 Å². The maximum absolute atomic E-state index is 12.1. The third-order valence-corrected chi connectivity index (χ3v) is 3.79. The van der Waals surface area contributed by atoms with E-state index in [0.29, 0.717) is 13.0 Å². The summed E-state index contributed by atoms with van der Waals surface area (Å²) in [7, 11) is 2.21. The van der Waals surface area contributed by atoms with Crippen molar-refractivity contribution in [3.63, 3.8) is 0 Å². The standard InChI is InChI=1S/C14H22N2O7/c1-7(9(13(19)21-2)14(20)22-3)10(11(15)17)16-12(18)8-5-4-6-23-8/h7-10H,4-6H2,1-3H3,(H2,15,17)(H,16,18)/t7-,8-,10-/m0/s1. The van der Waals surface area contributed by atoms with Crippen LogP contribution in [-0.4, -0.2) is 56.7 Å². The normalized spacial score (nSPS) is 19.7. The van der Waals surface area contributed by atoms with E-state index in [1.54, 1.807) is 0 Å². The molecule has 0 aromatic rings. The molecule has 130 valence electrons. The quantitative estimate of drug-likeness (QED) is 0.439. The zero-order valence-corrected chi connectivity index (χ0v) is 13.4. The molecule has 0 aromatic heterocycles. The molecule has 1 aliphatic heterocycles. The van der Waals surface area contributed by atoms with Crippen LogP contribution in [0.1, 0.15) is 19.8 Å². The van der Waals surface area contributed by atoms with Crippen molar-refractivity contribution in [2.24, 2.45) is 17.6 Å². The third-order valence-electron chi connectivity index (χ3n) is 3.79. The van der Waals surface area contributed by atoms with Crippen LogP contribution in [0.2, 0.25) is 0 Å². The number of carbonyl (C=O) groups excluding carboxylic acids is 4. The van der Waals surface area contributed by atoms with E-state index in [1.807, 2.05) is 0 Å². The Balaban J connectivity index is 2.92. The van der Waals surface area contributed by atoms with Gasteiger partial charge in [-0.2, -0.15) is 0 Å². The highest BCUT2D eigenvalue weighted by atomic mass is 16.5. The Morgan fingerprint density at radius 3 is 2.13 bits per heavy atom. The predicted molar refractivity (Wildman–Crippen MR) is 76.8 cm³/mol. The van der Waals surface area contributed by atoms with Gasteiger partial charge in [-0.05, 0) is 12.8 Å². The van der Waals surface area contributed by atoms with Gasteiger partial charge >= 0.3 is 11.9 Å². The number of esters is 2. The fourth-order valence-corrected chi connectivity index (χ4v) is 2.46. The number of nitrogens with two attached hydrogens (primary N) is 1. The highest BCUT2D eigenvalue weighted by Crippen LogP contribution is 2.20. The van der Waals surface area contributed by atoms with Crippen molar-refractivity contribution in [2.45, 2.75) is 31.9 Å². The molecule has 2 amide bonds. The lowest BCUT2D eigenvalue weighted by molar-refractivity contribution is -0.162. The van der Waals surface area contributed by atoms with Crippen molar-refractivity contribution < 1.29 is 33.4 Å². The lowest BCUT2D eigenvalue weighted by Gasteiger charge is -2.27. The van der Waals surface area contributed by atoms with Crippen molar-refractivity contribution in [2.75, 3.05) is 20.8 Å². The summed E-state index contributed by atoms with van der Waals surface area (Å²) < 4.78 is 14.3. The Morgan fingerprint density at radius 2 is 1.74 bits per heavy atom. The monoisotopic (exact) mass is 330 g/mol. The van der Waals surface area contributed by atoms with E-state index in [0.717, 1.165) is 20.6 Å². The molecule has 9 heteroatoms. The Hall–Kier alpha value is -2.16. The molecule has 1 heterocycles. The molecule has 1 fully saturated rings. The molecule has 9 nitrogen and oxygen atoms in total. The van der Waals surface area contributed by atoms with Crippen molar-refractivity contribution >= 4 is 23.8 Å². The molecule has 3 N–H and O–H groups in total. The van der Waals surface area contributed by atoms with Gasteiger partial charge in [0.1, 0.15) is 12.1 Å². The smallest absolute Gasteiger partial charge is 0.320 e. The summed E-state index contributed by atoms with van der Waals surface area (Å²) in [5.74, 6) is -5.46. The molecule has 23 heavy (non-hydrogen) atoms. The summed E-state index contributed by atoms with van der Waals surface area (Å²) in [6, 6.07) is -1.24. The van der Waals surface area contributed by atoms with Gasteiger partial charge < -0.3 is 25.3 Å². The molecule has 1 rings (SSSR count). The first kappa shape index (κ1) is 18.9. The second-order valence-corrected chi connectivity index (χ2v) is 5.27. The van der Waals surface area contributed by atoms with Gasteiger partial charge in [0.15, 0.2) is 5.92 Å². The van der Waals surface area contributed by atoms with E-state index >= 15 is 0 Å². The summed E-state index contributed by atoms with van der Waals surface area (Å²) >= 11 is 0. The van der Waals surface area contributed by atoms with Crippen LogP contribution in [-0.2, 0) is 33.4 Å². The van der Waals surface area contributed by atoms with E-state index < -0.39 is 47.7 Å². The van der Waals surface area contributed by atoms with Crippen LogP contribution in [0.15, 0.2) is 0 Å². The molecule has 0 aromatic carbocycles. The molecular weight excluding hydrogens is 308 g/mol. The maximum atomic E-state index is 12.1. The number of amides is 2.